The van der Waals surface area contributed by atoms with Crippen LogP contribution in [0.3, 0.4) is 0 Å². The van der Waals surface area contributed by atoms with Crippen molar-refractivity contribution in [2.45, 2.75) is 53.0 Å². The van der Waals surface area contributed by atoms with Gasteiger partial charge in [0.2, 0.25) is 0 Å². The summed E-state index contributed by atoms with van der Waals surface area (Å²) in [5.41, 5.74) is 2.96. The van der Waals surface area contributed by atoms with E-state index in [0.29, 0.717) is 0 Å². The first-order valence-electron chi connectivity index (χ1n) is 7.37. The van der Waals surface area contributed by atoms with Gasteiger partial charge in [-0.05, 0) is 57.2 Å². The molecule has 1 rings (SSSR count). The molecule has 1 aromatic carbocycles. The number of hydrogen-bond donors (Lipinski definition) is 1. The predicted octanol–water partition coefficient (Wildman–Crippen LogP) is 4.68. The van der Waals surface area contributed by atoms with E-state index in [1.54, 1.807) is 0 Å². The quantitative estimate of drug-likeness (QED) is 0.732. The average Bonchev–Trinajstić information content (AvgIpc) is 2.26. The third-order valence-corrected chi connectivity index (χ3v) is 2.87. The molecule has 0 aliphatic heterocycles. The van der Waals surface area contributed by atoms with Crippen LogP contribution in [0.4, 0.5) is 0 Å². The summed E-state index contributed by atoms with van der Waals surface area (Å²) in [4.78, 5) is 0. The van der Waals surface area contributed by atoms with Crippen LogP contribution in [-0.4, -0.2) is 12.1 Å². The van der Waals surface area contributed by atoms with E-state index < -0.39 is 0 Å². The van der Waals surface area contributed by atoms with Crippen molar-refractivity contribution in [1.29, 1.82) is 0 Å². The maximum absolute atomic E-state index is 3.49. The normalized spacial score (nSPS) is 12.5. The van der Waals surface area contributed by atoms with Gasteiger partial charge in [-0.2, -0.15) is 0 Å². The molecule has 19 heavy (non-hydrogen) atoms. The SMILES string of the molecule is CC(C)Cc1cccc(/C=C/CCNC(C)(C)C)c1. The van der Waals surface area contributed by atoms with Crippen molar-refractivity contribution in [3.05, 3.63) is 41.5 Å². The summed E-state index contributed by atoms with van der Waals surface area (Å²) < 4.78 is 0. The molecule has 1 aromatic rings. The zero-order chi connectivity index (χ0) is 14.3. The highest BCUT2D eigenvalue weighted by Crippen LogP contribution is 2.12. The van der Waals surface area contributed by atoms with E-state index in [0.717, 1.165) is 25.3 Å². The molecular weight excluding hydrogens is 230 g/mol. The zero-order valence-corrected chi connectivity index (χ0v) is 13.2. The van der Waals surface area contributed by atoms with E-state index >= 15 is 0 Å². The van der Waals surface area contributed by atoms with Crippen molar-refractivity contribution in [1.82, 2.24) is 5.32 Å². The number of benzene rings is 1. The standard InChI is InChI=1S/C18H29N/c1-15(2)13-17-11-8-10-16(14-17)9-6-7-12-19-18(3,4)5/h6,8-11,14-15,19H,7,12-13H2,1-5H3/b9-6+. The van der Waals surface area contributed by atoms with Crippen LogP contribution in [0.5, 0.6) is 0 Å². The second-order valence-corrected chi connectivity index (χ2v) is 6.71. The summed E-state index contributed by atoms with van der Waals surface area (Å²) in [5.74, 6) is 0.718. The largest absolute Gasteiger partial charge is 0.312 e. The van der Waals surface area contributed by atoms with Crippen LogP contribution in [0.15, 0.2) is 30.3 Å². The lowest BCUT2D eigenvalue weighted by molar-refractivity contribution is 0.431. The first kappa shape index (κ1) is 16.0. The molecule has 0 saturated heterocycles. The number of rotatable bonds is 6. The maximum Gasteiger partial charge on any atom is 0.00966 e. The van der Waals surface area contributed by atoms with Crippen molar-refractivity contribution >= 4 is 6.08 Å². The van der Waals surface area contributed by atoms with E-state index in [9.17, 15) is 0 Å². The summed E-state index contributed by atoms with van der Waals surface area (Å²) >= 11 is 0. The minimum absolute atomic E-state index is 0.213. The molecule has 0 aliphatic rings. The van der Waals surface area contributed by atoms with Crippen LogP contribution in [0.25, 0.3) is 6.08 Å². The van der Waals surface area contributed by atoms with E-state index in [2.05, 4.69) is 76.4 Å². The third kappa shape index (κ3) is 7.84. The van der Waals surface area contributed by atoms with Crippen molar-refractivity contribution < 1.29 is 0 Å². The van der Waals surface area contributed by atoms with Gasteiger partial charge in [0, 0.05) is 5.54 Å². The Morgan fingerprint density at radius 1 is 1.21 bits per heavy atom. The predicted molar refractivity (Wildman–Crippen MR) is 86.4 cm³/mol. The Hall–Kier alpha value is -1.08. The van der Waals surface area contributed by atoms with E-state index in [1.807, 2.05) is 0 Å². The molecule has 0 amide bonds. The maximum atomic E-state index is 3.49. The van der Waals surface area contributed by atoms with Crippen LogP contribution in [0, 0.1) is 5.92 Å². The molecule has 0 aromatic heterocycles. The molecule has 0 bridgehead atoms. The van der Waals surface area contributed by atoms with Gasteiger partial charge in [0.05, 0.1) is 0 Å². The van der Waals surface area contributed by atoms with Crippen molar-refractivity contribution in [3.8, 4) is 0 Å². The molecule has 0 unspecified atom stereocenters. The molecule has 0 fully saturated rings. The Balaban J connectivity index is 2.44. The molecule has 1 nitrogen and oxygen atoms in total. The van der Waals surface area contributed by atoms with Gasteiger partial charge in [-0.1, -0.05) is 50.3 Å². The lowest BCUT2D eigenvalue weighted by Gasteiger charge is -2.19. The van der Waals surface area contributed by atoms with Crippen molar-refractivity contribution in [3.63, 3.8) is 0 Å². The van der Waals surface area contributed by atoms with Crippen LogP contribution >= 0.6 is 0 Å². The van der Waals surface area contributed by atoms with Crippen molar-refractivity contribution in [2.24, 2.45) is 5.92 Å². The van der Waals surface area contributed by atoms with Crippen LogP contribution < -0.4 is 5.32 Å². The van der Waals surface area contributed by atoms with E-state index in [1.165, 1.54) is 11.1 Å². The van der Waals surface area contributed by atoms with E-state index in [4.69, 9.17) is 0 Å². The van der Waals surface area contributed by atoms with Crippen LogP contribution in [-0.2, 0) is 6.42 Å². The molecule has 1 heteroatoms. The lowest BCUT2D eigenvalue weighted by atomic mass is 10.0. The minimum Gasteiger partial charge on any atom is -0.312 e. The van der Waals surface area contributed by atoms with E-state index in [-0.39, 0.29) is 5.54 Å². The molecule has 0 aliphatic carbocycles. The van der Waals surface area contributed by atoms with Gasteiger partial charge in [-0.15, -0.1) is 0 Å². The molecule has 0 saturated carbocycles. The molecule has 0 heterocycles. The van der Waals surface area contributed by atoms with Gasteiger partial charge in [0.15, 0.2) is 0 Å². The average molecular weight is 259 g/mol. The fraction of sp³-hybridized carbons (Fsp3) is 0.556. The Labute approximate surface area is 119 Å². The second kappa shape index (κ2) is 7.49. The van der Waals surface area contributed by atoms with Crippen LogP contribution in [0.1, 0.15) is 52.2 Å². The Bertz CT molecular complexity index is 396. The van der Waals surface area contributed by atoms with Gasteiger partial charge in [0.1, 0.15) is 0 Å². The summed E-state index contributed by atoms with van der Waals surface area (Å²) in [7, 11) is 0. The molecule has 0 atom stereocenters. The monoisotopic (exact) mass is 259 g/mol. The third-order valence-electron chi connectivity index (χ3n) is 2.87. The Kier molecular flexibility index (Phi) is 6.30. The first-order valence-corrected chi connectivity index (χ1v) is 7.37. The minimum atomic E-state index is 0.213. The molecule has 0 radical (unpaired) electrons. The highest BCUT2D eigenvalue weighted by Gasteiger charge is 2.06. The Morgan fingerprint density at radius 3 is 2.58 bits per heavy atom. The van der Waals surface area contributed by atoms with Gasteiger partial charge in [-0.3, -0.25) is 0 Å². The number of nitrogens with one attached hydrogen (secondary N) is 1. The molecular formula is C18H29N. The summed E-state index contributed by atoms with van der Waals surface area (Å²) in [5, 5.41) is 3.49. The van der Waals surface area contributed by atoms with Crippen molar-refractivity contribution in [2.75, 3.05) is 6.54 Å². The summed E-state index contributed by atoms with van der Waals surface area (Å²) in [6.45, 7) is 12.2. The summed E-state index contributed by atoms with van der Waals surface area (Å²) in [6, 6.07) is 8.86. The molecule has 1 N–H and O–H groups in total. The van der Waals surface area contributed by atoms with Gasteiger partial charge >= 0.3 is 0 Å². The highest BCUT2D eigenvalue weighted by molar-refractivity contribution is 5.50. The fourth-order valence-electron chi connectivity index (χ4n) is 2.05. The fourth-order valence-corrected chi connectivity index (χ4v) is 2.05. The second-order valence-electron chi connectivity index (χ2n) is 6.71. The summed E-state index contributed by atoms with van der Waals surface area (Å²) in [6.07, 6.45) is 6.72. The zero-order valence-electron chi connectivity index (χ0n) is 13.2. The van der Waals surface area contributed by atoms with Crippen LogP contribution in [0.2, 0.25) is 0 Å². The smallest absolute Gasteiger partial charge is 0.00966 e. The van der Waals surface area contributed by atoms with Gasteiger partial charge < -0.3 is 5.32 Å². The Morgan fingerprint density at radius 2 is 1.95 bits per heavy atom. The number of hydrogen-bond acceptors (Lipinski definition) is 1. The van der Waals surface area contributed by atoms with Gasteiger partial charge in [0.25, 0.3) is 0 Å². The van der Waals surface area contributed by atoms with Gasteiger partial charge in [-0.25, -0.2) is 0 Å². The molecule has 0 spiro atoms. The topological polar surface area (TPSA) is 12.0 Å². The highest BCUT2D eigenvalue weighted by atomic mass is 14.9. The lowest BCUT2D eigenvalue weighted by Crippen LogP contribution is -2.36. The molecule has 106 valence electrons. The first-order chi connectivity index (χ1) is 8.87.